The van der Waals surface area contributed by atoms with Gasteiger partial charge in [0, 0.05) is 10.6 Å². The van der Waals surface area contributed by atoms with Crippen molar-refractivity contribution < 1.29 is 19.1 Å². The fourth-order valence-corrected chi connectivity index (χ4v) is 2.90. The highest BCUT2D eigenvalue weighted by molar-refractivity contribution is 6.30. The van der Waals surface area contributed by atoms with Crippen LogP contribution in [0.25, 0.3) is 0 Å². The standard InChI is InChI=1S/C21H22ClNO4/c1-13(2)20(15-8-10-16(22)11-9-15)21(26)27-12-19(25)23-18-7-5-4-6-17(18)14(3)24/h4-11,13,20H,12H2,1-3H3,(H,23,25)/t20-/m1/s1. The molecule has 0 aliphatic carbocycles. The molecule has 27 heavy (non-hydrogen) atoms. The van der Waals surface area contributed by atoms with Crippen LogP contribution in [0, 0.1) is 5.92 Å². The molecule has 6 heteroatoms. The molecule has 1 amide bonds. The van der Waals surface area contributed by atoms with E-state index >= 15 is 0 Å². The molecule has 0 heterocycles. The molecule has 2 aromatic carbocycles. The summed E-state index contributed by atoms with van der Waals surface area (Å²) >= 11 is 5.90. The Bertz CT molecular complexity index is 830. The van der Waals surface area contributed by atoms with Crippen LogP contribution >= 0.6 is 11.6 Å². The Labute approximate surface area is 163 Å². The van der Waals surface area contributed by atoms with Crippen LogP contribution in [0.1, 0.15) is 42.6 Å². The van der Waals surface area contributed by atoms with Crippen LogP contribution in [0.2, 0.25) is 5.02 Å². The molecule has 2 aromatic rings. The largest absolute Gasteiger partial charge is 0.455 e. The lowest BCUT2D eigenvalue weighted by molar-refractivity contribution is -0.149. The van der Waals surface area contributed by atoms with Crippen molar-refractivity contribution in [2.45, 2.75) is 26.7 Å². The first-order valence-corrected chi connectivity index (χ1v) is 8.99. The first kappa shape index (κ1) is 20.6. The predicted octanol–water partition coefficient (Wildman–Crippen LogP) is 4.46. The molecular weight excluding hydrogens is 366 g/mol. The SMILES string of the molecule is CC(=O)c1ccccc1NC(=O)COC(=O)[C@@H](c1ccc(Cl)cc1)C(C)C. The maximum atomic E-state index is 12.5. The van der Waals surface area contributed by atoms with E-state index in [0.717, 1.165) is 5.56 Å². The number of esters is 1. The van der Waals surface area contributed by atoms with Crippen LogP contribution in [-0.4, -0.2) is 24.3 Å². The molecule has 0 aliphatic heterocycles. The van der Waals surface area contributed by atoms with E-state index in [1.165, 1.54) is 6.92 Å². The lowest BCUT2D eigenvalue weighted by atomic mass is 9.88. The molecule has 0 radical (unpaired) electrons. The maximum Gasteiger partial charge on any atom is 0.314 e. The van der Waals surface area contributed by atoms with Gasteiger partial charge in [-0.2, -0.15) is 0 Å². The lowest BCUT2D eigenvalue weighted by Crippen LogP contribution is -2.26. The first-order valence-electron chi connectivity index (χ1n) is 8.61. The highest BCUT2D eigenvalue weighted by Gasteiger charge is 2.26. The van der Waals surface area contributed by atoms with Gasteiger partial charge in [-0.1, -0.05) is 49.7 Å². The van der Waals surface area contributed by atoms with Gasteiger partial charge < -0.3 is 10.1 Å². The Balaban J connectivity index is 2.02. The minimum absolute atomic E-state index is 0.0137. The second-order valence-electron chi connectivity index (χ2n) is 6.53. The second-order valence-corrected chi connectivity index (χ2v) is 6.97. The lowest BCUT2D eigenvalue weighted by Gasteiger charge is -2.20. The van der Waals surface area contributed by atoms with Crippen molar-refractivity contribution in [3.63, 3.8) is 0 Å². The summed E-state index contributed by atoms with van der Waals surface area (Å²) in [7, 11) is 0. The fourth-order valence-electron chi connectivity index (χ4n) is 2.78. The molecule has 0 aromatic heterocycles. The van der Waals surface area contributed by atoms with Crippen molar-refractivity contribution in [2.24, 2.45) is 5.92 Å². The number of halogens is 1. The van der Waals surface area contributed by atoms with Crippen molar-refractivity contribution in [3.05, 3.63) is 64.7 Å². The number of carbonyl (C=O) groups excluding carboxylic acids is 3. The van der Waals surface area contributed by atoms with Crippen molar-refractivity contribution in [1.82, 2.24) is 0 Å². The Morgan fingerprint density at radius 1 is 1.04 bits per heavy atom. The van der Waals surface area contributed by atoms with Crippen LogP contribution in [0.15, 0.2) is 48.5 Å². The minimum atomic E-state index is -0.504. The number of para-hydroxylation sites is 1. The van der Waals surface area contributed by atoms with E-state index in [2.05, 4.69) is 5.32 Å². The molecule has 0 spiro atoms. The van der Waals surface area contributed by atoms with Gasteiger partial charge in [-0.25, -0.2) is 0 Å². The van der Waals surface area contributed by atoms with Crippen LogP contribution in [0.5, 0.6) is 0 Å². The van der Waals surface area contributed by atoms with Crippen molar-refractivity contribution >= 4 is 34.9 Å². The number of hydrogen-bond acceptors (Lipinski definition) is 4. The number of nitrogens with one attached hydrogen (secondary N) is 1. The smallest absolute Gasteiger partial charge is 0.314 e. The summed E-state index contributed by atoms with van der Waals surface area (Å²) in [5, 5.41) is 3.19. The summed E-state index contributed by atoms with van der Waals surface area (Å²) < 4.78 is 5.22. The van der Waals surface area contributed by atoms with E-state index in [9.17, 15) is 14.4 Å². The van der Waals surface area contributed by atoms with Gasteiger partial charge >= 0.3 is 5.97 Å². The monoisotopic (exact) mass is 387 g/mol. The van der Waals surface area contributed by atoms with Gasteiger partial charge in [0.05, 0.1) is 11.6 Å². The quantitative estimate of drug-likeness (QED) is 0.562. The highest BCUT2D eigenvalue weighted by atomic mass is 35.5. The second kappa shape index (κ2) is 9.33. The van der Waals surface area contributed by atoms with E-state index < -0.39 is 24.4 Å². The number of rotatable bonds is 7. The van der Waals surface area contributed by atoms with E-state index in [-0.39, 0.29) is 11.7 Å². The summed E-state index contributed by atoms with van der Waals surface area (Å²) in [6.07, 6.45) is 0. The average molecular weight is 388 g/mol. The summed E-state index contributed by atoms with van der Waals surface area (Å²) in [5.74, 6) is -1.66. The van der Waals surface area contributed by atoms with Gasteiger partial charge in [-0.05, 0) is 42.7 Å². The van der Waals surface area contributed by atoms with Gasteiger partial charge in [-0.3, -0.25) is 14.4 Å². The molecule has 5 nitrogen and oxygen atoms in total. The number of ketones is 1. The van der Waals surface area contributed by atoms with E-state index in [0.29, 0.717) is 16.3 Å². The molecule has 0 unspecified atom stereocenters. The van der Waals surface area contributed by atoms with Gasteiger partial charge in [0.1, 0.15) is 0 Å². The molecule has 0 aliphatic rings. The van der Waals surface area contributed by atoms with Crippen LogP contribution in [0.4, 0.5) is 5.69 Å². The van der Waals surface area contributed by atoms with E-state index in [4.69, 9.17) is 16.3 Å². The van der Waals surface area contributed by atoms with Crippen molar-refractivity contribution in [3.8, 4) is 0 Å². The zero-order chi connectivity index (χ0) is 20.0. The number of anilines is 1. The third kappa shape index (κ3) is 5.66. The van der Waals surface area contributed by atoms with E-state index in [1.54, 1.807) is 48.5 Å². The molecule has 1 atom stereocenters. The molecule has 0 bridgehead atoms. The first-order chi connectivity index (χ1) is 12.8. The average Bonchev–Trinajstić information content (AvgIpc) is 2.62. The summed E-state index contributed by atoms with van der Waals surface area (Å²) in [6, 6.07) is 13.7. The topological polar surface area (TPSA) is 72.5 Å². The summed E-state index contributed by atoms with van der Waals surface area (Å²) in [5.41, 5.74) is 1.57. The number of carbonyl (C=O) groups is 3. The van der Waals surface area contributed by atoms with E-state index in [1.807, 2.05) is 13.8 Å². The van der Waals surface area contributed by atoms with Gasteiger partial charge in [0.15, 0.2) is 12.4 Å². The summed E-state index contributed by atoms with van der Waals surface area (Å²) in [4.78, 5) is 36.3. The molecule has 1 N–H and O–H groups in total. The van der Waals surface area contributed by atoms with Gasteiger partial charge in [0.25, 0.3) is 5.91 Å². The minimum Gasteiger partial charge on any atom is -0.455 e. The molecule has 142 valence electrons. The van der Waals surface area contributed by atoms with Gasteiger partial charge in [0.2, 0.25) is 0 Å². The number of Topliss-reactive ketones (excluding diaryl/α,β-unsaturated/α-hetero) is 1. The van der Waals surface area contributed by atoms with Crippen molar-refractivity contribution in [2.75, 3.05) is 11.9 Å². The third-order valence-electron chi connectivity index (χ3n) is 4.08. The predicted molar refractivity (Wildman–Crippen MR) is 105 cm³/mol. The third-order valence-corrected chi connectivity index (χ3v) is 4.33. The number of benzene rings is 2. The summed E-state index contributed by atoms with van der Waals surface area (Å²) in [6.45, 7) is 4.81. The number of amides is 1. The Morgan fingerprint density at radius 2 is 1.67 bits per heavy atom. The molecular formula is C21H22ClNO4. The zero-order valence-corrected chi connectivity index (χ0v) is 16.2. The zero-order valence-electron chi connectivity index (χ0n) is 15.5. The molecule has 0 fully saturated rings. The maximum absolute atomic E-state index is 12.5. The fraction of sp³-hybridized carbons (Fsp3) is 0.286. The van der Waals surface area contributed by atoms with Crippen LogP contribution in [-0.2, 0) is 14.3 Å². The Morgan fingerprint density at radius 3 is 2.26 bits per heavy atom. The Hall–Kier alpha value is -2.66. The van der Waals surface area contributed by atoms with Crippen LogP contribution < -0.4 is 5.32 Å². The molecule has 0 saturated carbocycles. The van der Waals surface area contributed by atoms with Gasteiger partial charge in [-0.15, -0.1) is 0 Å². The number of ether oxygens (including phenoxy) is 1. The highest BCUT2D eigenvalue weighted by Crippen LogP contribution is 2.27. The van der Waals surface area contributed by atoms with Crippen LogP contribution in [0.3, 0.4) is 0 Å². The normalized spacial score (nSPS) is 11.7. The number of hydrogen-bond donors (Lipinski definition) is 1. The molecule has 2 rings (SSSR count). The Kier molecular flexibility index (Phi) is 7.13. The van der Waals surface area contributed by atoms with Crippen molar-refractivity contribution in [1.29, 1.82) is 0 Å². The molecule has 0 saturated heterocycles.